The van der Waals surface area contributed by atoms with E-state index in [-0.39, 0.29) is 5.75 Å². The molecule has 2 nitrogen and oxygen atoms in total. The molecule has 1 N–H and O–H groups in total. The monoisotopic (exact) mass is 211 g/mol. The van der Waals surface area contributed by atoms with E-state index in [1.807, 2.05) is 0 Å². The third kappa shape index (κ3) is 2.53. The van der Waals surface area contributed by atoms with Gasteiger partial charge in [-0.1, -0.05) is 18.2 Å². The van der Waals surface area contributed by atoms with Gasteiger partial charge in [-0.15, -0.1) is 0 Å². The molecule has 1 aromatic carbocycles. The first-order valence-corrected chi connectivity index (χ1v) is 4.71. The first kappa shape index (κ1) is 10.1. The fourth-order valence-electron chi connectivity index (χ4n) is 1.54. The van der Waals surface area contributed by atoms with Crippen LogP contribution in [0.3, 0.4) is 0 Å². The van der Waals surface area contributed by atoms with Crippen LogP contribution in [0.25, 0.3) is 5.57 Å². The maximum Gasteiger partial charge on any atom is 0.387 e. The fourth-order valence-corrected chi connectivity index (χ4v) is 1.54. The van der Waals surface area contributed by atoms with Gasteiger partial charge in [0.1, 0.15) is 5.75 Å². The van der Waals surface area contributed by atoms with Crippen LogP contribution in [0.5, 0.6) is 5.75 Å². The van der Waals surface area contributed by atoms with E-state index in [9.17, 15) is 8.78 Å². The van der Waals surface area contributed by atoms with E-state index in [1.54, 1.807) is 24.3 Å². The molecule has 0 aliphatic carbocycles. The second-order valence-electron chi connectivity index (χ2n) is 3.26. The molecule has 0 saturated heterocycles. The maximum atomic E-state index is 11.9. The van der Waals surface area contributed by atoms with Crippen molar-refractivity contribution < 1.29 is 13.5 Å². The van der Waals surface area contributed by atoms with Gasteiger partial charge in [0, 0.05) is 13.1 Å². The average molecular weight is 211 g/mol. The van der Waals surface area contributed by atoms with E-state index in [1.165, 1.54) is 5.57 Å². The van der Waals surface area contributed by atoms with E-state index in [2.05, 4.69) is 16.1 Å². The molecule has 0 amide bonds. The molecular weight excluding hydrogens is 200 g/mol. The molecule has 0 saturated carbocycles. The number of halogens is 2. The lowest BCUT2D eigenvalue weighted by Gasteiger charge is -2.06. The van der Waals surface area contributed by atoms with Gasteiger partial charge in [0.05, 0.1) is 0 Å². The minimum absolute atomic E-state index is 0.195. The summed E-state index contributed by atoms with van der Waals surface area (Å²) in [5.74, 6) is 0.195. The van der Waals surface area contributed by atoms with Crippen LogP contribution in [0.15, 0.2) is 30.3 Å². The minimum Gasteiger partial charge on any atom is -0.435 e. The molecule has 0 atom stereocenters. The van der Waals surface area contributed by atoms with E-state index in [0.29, 0.717) is 0 Å². The van der Waals surface area contributed by atoms with Crippen LogP contribution in [0.2, 0.25) is 0 Å². The maximum absolute atomic E-state index is 11.9. The smallest absolute Gasteiger partial charge is 0.387 e. The quantitative estimate of drug-likeness (QED) is 0.828. The molecule has 80 valence electrons. The Hall–Kier alpha value is -1.42. The van der Waals surface area contributed by atoms with Crippen LogP contribution in [0.1, 0.15) is 5.56 Å². The molecule has 0 bridgehead atoms. The molecule has 15 heavy (non-hydrogen) atoms. The highest BCUT2D eigenvalue weighted by Gasteiger charge is 2.07. The second-order valence-corrected chi connectivity index (χ2v) is 3.26. The van der Waals surface area contributed by atoms with Crippen molar-refractivity contribution in [3.05, 3.63) is 35.9 Å². The molecule has 0 spiro atoms. The summed E-state index contributed by atoms with van der Waals surface area (Å²) in [7, 11) is 0. The van der Waals surface area contributed by atoms with Crippen molar-refractivity contribution in [2.75, 3.05) is 13.1 Å². The Labute approximate surface area is 86.6 Å². The molecule has 1 aromatic rings. The SMILES string of the molecule is FC(F)Oc1ccc(C2=CCNC2)cc1. The highest BCUT2D eigenvalue weighted by Crippen LogP contribution is 2.20. The van der Waals surface area contributed by atoms with Gasteiger partial charge in [0.25, 0.3) is 0 Å². The number of nitrogens with one attached hydrogen (secondary N) is 1. The standard InChI is InChI=1S/C11H11F2NO/c12-11(13)15-10-3-1-8(2-4-10)9-5-6-14-7-9/h1-5,11,14H,6-7H2. The third-order valence-corrected chi connectivity index (χ3v) is 2.26. The van der Waals surface area contributed by atoms with Crippen LogP contribution in [0, 0.1) is 0 Å². The average Bonchev–Trinajstić information content (AvgIpc) is 2.71. The number of benzene rings is 1. The number of alkyl halides is 2. The lowest BCUT2D eigenvalue weighted by Crippen LogP contribution is -2.07. The second kappa shape index (κ2) is 4.40. The van der Waals surface area contributed by atoms with E-state index >= 15 is 0 Å². The van der Waals surface area contributed by atoms with Gasteiger partial charge in [-0.05, 0) is 23.3 Å². The predicted octanol–water partition coefficient (Wildman–Crippen LogP) is 2.27. The number of hydrogen-bond acceptors (Lipinski definition) is 2. The van der Waals surface area contributed by atoms with Crippen molar-refractivity contribution in [1.82, 2.24) is 5.32 Å². The lowest BCUT2D eigenvalue weighted by atomic mass is 10.1. The Bertz CT molecular complexity index is 359. The van der Waals surface area contributed by atoms with Crippen LogP contribution in [-0.2, 0) is 0 Å². The highest BCUT2D eigenvalue weighted by atomic mass is 19.3. The first-order chi connectivity index (χ1) is 7.25. The van der Waals surface area contributed by atoms with Crippen LogP contribution in [-0.4, -0.2) is 19.7 Å². The Balaban J connectivity index is 2.10. The Morgan fingerprint density at radius 2 is 1.93 bits per heavy atom. The van der Waals surface area contributed by atoms with Gasteiger partial charge in [-0.3, -0.25) is 0 Å². The normalized spacial score (nSPS) is 15.5. The molecule has 1 heterocycles. The zero-order chi connectivity index (χ0) is 10.7. The Kier molecular flexibility index (Phi) is 2.97. The molecular formula is C11H11F2NO. The van der Waals surface area contributed by atoms with Gasteiger partial charge < -0.3 is 10.1 Å². The fraction of sp³-hybridized carbons (Fsp3) is 0.273. The van der Waals surface area contributed by atoms with E-state index < -0.39 is 6.61 Å². The summed E-state index contributed by atoms with van der Waals surface area (Å²) in [6.07, 6.45) is 2.09. The molecule has 2 rings (SSSR count). The summed E-state index contributed by atoms with van der Waals surface area (Å²) < 4.78 is 28.0. The van der Waals surface area contributed by atoms with Crippen molar-refractivity contribution in [1.29, 1.82) is 0 Å². The third-order valence-electron chi connectivity index (χ3n) is 2.26. The van der Waals surface area contributed by atoms with Crippen molar-refractivity contribution in [2.45, 2.75) is 6.61 Å². The molecule has 0 radical (unpaired) electrons. The summed E-state index contributed by atoms with van der Waals surface area (Å²) in [6, 6.07) is 6.69. The zero-order valence-electron chi connectivity index (χ0n) is 8.04. The molecule has 0 fully saturated rings. The molecule has 0 aromatic heterocycles. The molecule has 4 heteroatoms. The van der Waals surface area contributed by atoms with Crippen LogP contribution >= 0.6 is 0 Å². The molecule has 1 aliphatic heterocycles. The summed E-state index contributed by atoms with van der Waals surface area (Å²) >= 11 is 0. The molecule has 1 aliphatic rings. The van der Waals surface area contributed by atoms with Crippen LogP contribution in [0.4, 0.5) is 8.78 Å². The summed E-state index contributed by atoms with van der Waals surface area (Å²) in [6.45, 7) is -1.07. The topological polar surface area (TPSA) is 21.3 Å². The summed E-state index contributed by atoms with van der Waals surface area (Å²) in [5, 5.41) is 3.17. The Morgan fingerprint density at radius 3 is 2.47 bits per heavy atom. The van der Waals surface area contributed by atoms with Crippen molar-refractivity contribution in [3.63, 3.8) is 0 Å². The van der Waals surface area contributed by atoms with Gasteiger partial charge in [-0.2, -0.15) is 8.78 Å². The number of ether oxygens (including phenoxy) is 1. The zero-order valence-corrected chi connectivity index (χ0v) is 8.04. The van der Waals surface area contributed by atoms with Crippen molar-refractivity contribution in [3.8, 4) is 5.75 Å². The van der Waals surface area contributed by atoms with Gasteiger partial charge in [0.15, 0.2) is 0 Å². The largest absolute Gasteiger partial charge is 0.435 e. The van der Waals surface area contributed by atoms with E-state index in [4.69, 9.17) is 0 Å². The van der Waals surface area contributed by atoms with Gasteiger partial charge >= 0.3 is 6.61 Å². The highest BCUT2D eigenvalue weighted by molar-refractivity contribution is 5.69. The predicted molar refractivity (Wildman–Crippen MR) is 53.9 cm³/mol. The van der Waals surface area contributed by atoms with Crippen molar-refractivity contribution >= 4 is 5.57 Å². The summed E-state index contributed by atoms with van der Waals surface area (Å²) in [4.78, 5) is 0. The minimum atomic E-state index is -2.76. The van der Waals surface area contributed by atoms with Crippen molar-refractivity contribution in [2.24, 2.45) is 0 Å². The summed E-state index contributed by atoms with van der Waals surface area (Å²) in [5.41, 5.74) is 2.24. The van der Waals surface area contributed by atoms with E-state index in [0.717, 1.165) is 18.7 Å². The van der Waals surface area contributed by atoms with Gasteiger partial charge in [-0.25, -0.2) is 0 Å². The first-order valence-electron chi connectivity index (χ1n) is 4.71. The van der Waals surface area contributed by atoms with Gasteiger partial charge in [0.2, 0.25) is 0 Å². The molecule has 0 unspecified atom stereocenters. The number of hydrogen-bond donors (Lipinski definition) is 1. The Morgan fingerprint density at radius 1 is 1.20 bits per heavy atom. The number of rotatable bonds is 3. The van der Waals surface area contributed by atoms with Crippen LogP contribution < -0.4 is 10.1 Å². The lowest BCUT2D eigenvalue weighted by molar-refractivity contribution is -0.0498.